The van der Waals surface area contributed by atoms with Crippen LogP contribution >= 0.6 is 0 Å². The fraction of sp³-hybridized carbons (Fsp3) is 0.316. The van der Waals surface area contributed by atoms with Crippen LogP contribution in [0.2, 0.25) is 0 Å². The number of carboxylic acids is 1. The Morgan fingerprint density at radius 2 is 1.84 bits per heavy atom. The van der Waals surface area contributed by atoms with Gasteiger partial charge in [-0.15, -0.1) is 0 Å². The Bertz CT molecular complexity index is 742. The predicted molar refractivity (Wildman–Crippen MR) is 95.0 cm³/mol. The number of benzene rings is 1. The van der Waals surface area contributed by atoms with E-state index >= 15 is 0 Å². The minimum atomic E-state index is -0.844. The Morgan fingerprint density at radius 1 is 1.08 bits per heavy atom. The second kappa shape index (κ2) is 8.82. The van der Waals surface area contributed by atoms with Gasteiger partial charge in [0.05, 0.1) is 11.9 Å². The van der Waals surface area contributed by atoms with Gasteiger partial charge in [0.1, 0.15) is 5.75 Å². The van der Waals surface area contributed by atoms with Crippen molar-refractivity contribution >= 4 is 17.6 Å². The molecular formula is C19H22N2O4. The smallest absolute Gasteiger partial charge is 0.303 e. The number of ether oxygens (including phenoxy) is 1. The van der Waals surface area contributed by atoms with Gasteiger partial charge in [-0.05, 0) is 56.0 Å². The van der Waals surface area contributed by atoms with Gasteiger partial charge in [-0.1, -0.05) is 6.07 Å². The van der Waals surface area contributed by atoms with Gasteiger partial charge in [0, 0.05) is 18.9 Å². The topological polar surface area (TPSA) is 88.5 Å². The molecule has 25 heavy (non-hydrogen) atoms. The van der Waals surface area contributed by atoms with E-state index in [1.807, 2.05) is 32.0 Å². The zero-order chi connectivity index (χ0) is 18.2. The summed E-state index contributed by atoms with van der Waals surface area (Å²) in [6.45, 7) is 4.06. The van der Waals surface area contributed by atoms with E-state index in [2.05, 4.69) is 10.3 Å². The number of amides is 1. The average Bonchev–Trinajstić information content (AvgIpc) is 2.57. The van der Waals surface area contributed by atoms with Crippen molar-refractivity contribution in [3.8, 4) is 11.6 Å². The minimum absolute atomic E-state index is 0.0827. The van der Waals surface area contributed by atoms with Gasteiger partial charge in [-0.3, -0.25) is 9.59 Å². The molecule has 0 saturated heterocycles. The summed E-state index contributed by atoms with van der Waals surface area (Å²) >= 11 is 0. The number of unbranched alkanes of at least 4 members (excludes halogenated alkanes) is 1. The summed E-state index contributed by atoms with van der Waals surface area (Å²) in [4.78, 5) is 26.4. The molecule has 0 aliphatic carbocycles. The van der Waals surface area contributed by atoms with Gasteiger partial charge in [-0.2, -0.15) is 0 Å². The third-order valence-corrected chi connectivity index (χ3v) is 3.77. The molecule has 2 aromatic rings. The van der Waals surface area contributed by atoms with E-state index in [0.29, 0.717) is 30.2 Å². The minimum Gasteiger partial charge on any atom is -0.481 e. The molecule has 1 amide bonds. The molecule has 0 radical (unpaired) electrons. The van der Waals surface area contributed by atoms with Crippen LogP contribution in [0.4, 0.5) is 5.69 Å². The number of anilines is 1. The van der Waals surface area contributed by atoms with Gasteiger partial charge >= 0.3 is 5.97 Å². The Morgan fingerprint density at radius 3 is 2.48 bits per heavy atom. The van der Waals surface area contributed by atoms with Crippen molar-refractivity contribution < 1.29 is 19.4 Å². The van der Waals surface area contributed by atoms with Crippen LogP contribution in [0.1, 0.15) is 36.8 Å². The molecule has 132 valence electrons. The largest absolute Gasteiger partial charge is 0.481 e. The lowest BCUT2D eigenvalue weighted by Crippen LogP contribution is -2.11. The highest BCUT2D eigenvalue weighted by atomic mass is 16.5. The van der Waals surface area contributed by atoms with Crippen LogP contribution in [-0.4, -0.2) is 22.0 Å². The summed E-state index contributed by atoms with van der Waals surface area (Å²) in [6, 6.07) is 9.23. The Labute approximate surface area is 146 Å². The van der Waals surface area contributed by atoms with Crippen LogP contribution < -0.4 is 10.1 Å². The summed E-state index contributed by atoms with van der Waals surface area (Å²) in [6.07, 6.45) is 2.93. The molecule has 1 heterocycles. The standard InChI is InChI=1S/C19H22N2O4/c1-13-7-9-16(11-14(13)2)25-18-10-8-15(12-20-18)21-17(22)5-3-4-6-19(23)24/h7-12H,3-6H2,1-2H3,(H,21,22)(H,23,24). The molecule has 6 heteroatoms. The zero-order valence-electron chi connectivity index (χ0n) is 14.4. The fourth-order valence-corrected chi connectivity index (χ4v) is 2.20. The van der Waals surface area contributed by atoms with E-state index in [1.54, 1.807) is 12.1 Å². The first kappa shape index (κ1) is 18.4. The molecule has 0 unspecified atom stereocenters. The van der Waals surface area contributed by atoms with Crippen LogP contribution in [-0.2, 0) is 9.59 Å². The number of aromatic nitrogens is 1. The van der Waals surface area contributed by atoms with Crippen molar-refractivity contribution in [1.82, 2.24) is 4.98 Å². The van der Waals surface area contributed by atoms with Crippen LogP contribution in [0.3, 0.4) is 0 Å². The first-order chi connectivity index (χ1) is 11.9. The third-order valence-electron chi connectivity index (χ3n) is 3.77. The molecule has 0 saturated carbocycles. The summed E-state index contributed by atoms with van der Waals surface area (Å²) in [5.41, 5.74) is 2.92. The number of carbonyl (C=O) groups excluding carboxylic acids is 1. The van der Waals surface area contributed by atoms with Crippen LogP contribution in [0.5, 0.6) is 11.6 Å². The Balaban J connectivity index is 1.83. The predicted octanol–water partition coefficient (Wildman–Crippen LogP) is 4.07. The van der Waals surface area contributed by atoms with Crippen molar-refractivity contribution in [3.05, 3.63) is 47.7 Å². The highest BCUT2D eigenvalue weighted by Crippen LogP contribution is 2.23. The van der Waals surface area contributed by atoms with Crippen LogP contribution in [0.15, 0.2) is 36.5 Å². The van der Waals surface area contributed by atoms with Gasteiger partial charge in [0.15, 0.2) is 0 Å². The van der Waals surface area contributed by atoms with Crippen molar-refractivity contribution in [3.63, 3.8) is 0 Å². The molecule has 0 atom stereocenters. The number of hydrogen-bond donors (Lipinski definition) is 2. The lowest BCUT2D eigenvalue weighted by molar-refractivity contribution is -0.137. The highest BCUT2D eigenvalue weighted by Gasteiger charge is 2.05. The van der Waals surface area contributed by atoms with Crippen molar-refractivity contribution in [1.29, 1.82) is 0 Å². The molecule has 2 rings (SSSR count). The number of nitrogens with zero attached hydrogens (tertiary/aromatic N) is 1. The van der Waals surface area contributed by atoms with Gasteiger partial charge in [-0.25, -0.2) is 4.98 Å². The van der Waals surface area contributed by atoms with E-state index in [-0.39, 0.29) is 18.7 Å². The van der Waals surface area contributed by atoms with E-state index < -0.39 is 5.97 Å². The van der Waals surface area contributed by atoms with Gasteiger partial charge in [0.2, 0.25) is 11.8 Å². The number of aliphatic carboxylic acids is 1. The lowest BCUT2D eigenvalue weighted by Gasteiger charge is -2.08. The summed E-state index contributed by atoms with van der Waals surface area (Å²) < 4.78 is 5.70. The van der Waals surface area contributed by atoms with Gasteiger partial charge in [0.25, 0.3) is 0 Å². The maximum absolute atomic E-state index is 11.8. The highest BCUT2D eigenvalue weighted by molar-refractivity contribution is 5.90. The zero-order valence-corrected chi connectivity index (χ0v) is 14.4. The maximum Gasteiger partial charge on any atom is 0.303 e. The van der Waals surface area contributed by atoms with E-state index in [9.17, 15) is 9.59 Å². The first-order valence-electron chi connectivity index (χ1n) is 8.17. The molecule has 0 aliphatic rings. The van der Waals surface area contributed by atoms with Crippen molar-refractivity contribution in [2.75, 3.05) is 5.32 Å². The number of carboxylic acid groups (broad SMARTS) is 1. The van der Waals surface area contributed by atoms with Crippen molar-refractivity contribution in [2.45, 2.75) is 39.5 Å². The fourth-order valence-electron chi connectivity index (χ4n) is 2.20. The normalized spacial score (nSPS) is 10.3. The average molecular weight is 342 g/mol. The van der Waals surface area contributed by atoms with Crippen LogP contribution in [0.25, 0.3) is 0 Å². The third kappa shape index (κ3) is 6.25. The van der Waals surface area contributed by atoms with E-state index in [4.69, 9.17) is 9.84 Å². The monoisotopic (exact) mass is 342 g/mol. The van der Waals surface area contributed by atoms with Crippen LogP contribution in [0, 0.1) is 13.8 Å². The molecule has 0 bridgehead atoms. The number of hydrogen-bond acceptors (Lipinski definition) is 4. The summed E-state index contributed by atoms with van der Waals surface area (Å²) in [5.74, 6) is 0.160. The number of carbonyl (C=O) groups is 2. The van der Waals surface area contributed by atoms with Crippen molar-refractivity contribution in [2.24, 2.45) is 0 Å². The molecule has 0 spiro atoms. The maximum atomic E-state index is 11.8. The molecule has 2 N–H and O–H groups in total. The van der Waals surface area contributed by atoms with E-state index in [1.165, 1.54) is 11.8 Å². The SMILES string of the molecule is Cc1ccc(Oc2ccc(NC(=O)CCCCC(=O)O)cn2)cc1C. The second-order valence-corrected chi connectivity index (χ2v) is 5.88. The Kier molecular flexibility index (Phi) is 6.51. The molecule has 1 aromatic heterocycles. The molecule has 0 fully saturated rings. The number of nitrogens with one attached hydrogen (secondary N) is 1. The molecule has 6 nitrogen and oxygen atoms in total. The molecular weight excluding hydrogens is 320 g/mol. The second-order valence-electron chi connectivity index (χ2n) is 5.88. The number of rotatable bonds is 8. The molecule has 1 aromatic carbocycles. The number of pyridine rings is 1. The number of aryl methyl sites for hydroxylation is 2. The first-order valence-corrected chi connectivity index (χ1v) is 8.17. The lowest BCUT2D eigenvalue weighted by atomic mass is 10.1. The quantitative estimate of drug-likeness (QED) is 0.706. The van der Waals surface area contributed by atoms with Gasteiger partial charge < -0.3 is 15.2 Å². The summed E-state index contributed by atoms with van der Waals surface area (Å²) in [7, 11) is 0. The Hall–Kier alpha value is -2.89. The van der Waals surface area contributed by atoms with E-state index in [0.717, 1.165) is 5.56 Å². The summed E-state index contributed by atoms with van der Waals surface area (Å²) in [5, 5.41) is 11.3. The molecule has 0 aliphatic heterocycles.